The van der Waals surface area contributed by atoms with Crippen molar-refractivity contribution in [3.8, 4) is 0 Å². The molecule has 0 bridgehead atoms. The maximum atomic E-state index is 5.86. The molecular weight excluding hydrogens is 425 g/mol. The Morgan fingerprint density at radius 1 is 1.39 bits per heavy atom. The maximum Gasteiger partial charge on any atom is 0.191 e. The van der Waals surface area contributed by atoms with E-state index in [9.17, 15) is 0 Å². The second-order valence-corrected chi connectivity index (χ2v) is 6.07. The van der Waals surface area contributed by atoms with Gasteiger partial charge in [0.15, 0.2) is 5.96 Å². The van der Waals surface area contributed by atoms with Crippen LogP contribution in [-0.4, -0.2) is 45.0 Å². The van der Waals surface area contributed by atoms with Crippen LogP contribution in [0.5, 0.6) is 0 Å². The van der Waals surface area contributed by atoms with Gasteiger partial charge < -0.3 is 20.1 Å². The Bertz CT molecular complexity index is 423. The molecule has 1 aromatic heterocycles. The quantitative estimate of drug-likeness (QED) is 0.275. The normalized spacial score (nSPS) is 16.0. The summed E-state index contributed by atoms with van der Waals surface area (Å²) in [5, 5.41) is 10.8. The molecule has 1 fully saturated rings. The molecule has 1 aliphatic rings. The minimum Gasteiger partial charge on any atom is -0.381 e. The van der Waals surface area contributed by atoms with Crippen LogP contribution in [0, 0.1) is 0 Å². The number of guanidine groups is 1. The molecule has 2 rings (SSSR count). The van der Waals surface area contributed by atoms with Gasteiger partial charge in [-0.3, -0.25) is 0 Å². The zero-order valence-electron chi connectivity index (χ0n) is 13.8. The van der Waals surface area contributed by atoms with E-state index < -0.39 is 0 Å². The SMILES string of the molecule is CCNC(=NCc1ccsc1)NCCCOC1CCOCC1.I. The predicted octanol–water partition coefficient (Wildman–Crippen LogP) is 3.01. The van der Waals surface area contributed by atoms with Gasteiger partial charge in [0, 0.05) is 32.9 Å². The summed E-state index contributed by atoms with van der Waals surface area (Å²) in [6.07, 6.45) is 3.42. The van der Waals surface area contributed by atoms with Crippen molar-refractivity contribution in [2.75, 3.05) is 32.9 Å². The van der Waals surface area contributed by atoms with Gasteiger partial charge in [0.2, 0.25) is 0 Å². The first-order chi connectivity index (χ1) is 10.9. The van der Waals surface area contributed by atoms with Crippen LogP contribution in [0.25, 0.3) is 0 Å². The summed E-state index contributed by atoms with van der Waals surface area (Å²) in [5.41, 5.74) is 1.25. The Labute approximate surface area is 160 Å². The third-order valence-electron chi connectivity index (χ3n) is 3.48. The van der Waals surface area contributed by atoms with Crippen LogP contribution in [0.15, 0.2) is 21.8 Å². The molecular formula is C16H28IN3O2S. The van der Waals surface area contributed by atoms with Crippen molar-refractivity contribution in [3.05, 3.63) is 22.4 Å². The minimum atomic E-state index is 0. The number of nitrogens with zero attached hydrogens (tertiary/aromatic N) is 1. The molecule has 5 nitrogen and oxygen atoms in total. The van der Waals surface area contributed by atoms with Gasteiger partial charge in [-0.25, -0.2) is 4.99 Å². The fourth-order valence-corrected chi connectivity index (χ4v) is 2.93. The molecule has 0 radical (unpaired) electrons. The van der Waals surface area contributed by atoms with E-state index in [4.69, 9.17) is 9.47 Å². The number of rotatable bonds is 8. The summed E-state index contributed by atoms with van der Waals surface area (Å²) < 4.78 is 11.2. The third-order valence-corrected chi connectivity index (χ3v) is 4.21. The average molecular weight is 453 g/mol. The number of hydrogen-bond acceptors (Lipinski definition) is 4. The number of halogens is 1. The molecule has 1 saturated heterocycles. The van der Waals surface area contributed by atoms with E-state index in [1.54, 1.807) is 11.3 Å². The molecule has 0 atom stereocenters. The minimum absolute atomic E-state index is 0. The molecule has 0 amide bonds. The number of aliphatic imine (C=N–C) groups is 1. The topological polar surface area (TPSA) is 54.9 Å². The first-order valence-electron chi connectivity index (χ1n) is 8.11. The Morgan fingerprint density at radius 2 is 2.22 bits per heavy atom. The van der Waals surface area contributed by atoms with Crippen LogP contribution in [0.2, 0.25) is 0 Å². The lowest BCUT2D eigenvalue weighted by atomic mass is 10.1. The highest BCUT2D eigenvalue weighted by Crippen LogP contribution is 2.10. The standard InChI is InChI=1S/C16H27N3O2S.HI/c1-2-17-16(19-12-14-6-11-22-13-14)18-7-3-8-21-15-4-9-20-10-5-15;/h6,11,13,15H,2-5,7-10,12H2,1H3,(H2,17,18,19);1H. The van der Waals surface area contributed by atoms with Crippen LogP contribution >= 0.6 is 35.3 Å². The van der Waals surface area contributed by atoms with Crippen LogP contribution < -0.4 is 10.6 Å². The lowest BCUT2D eigenvalue weighted by molar-refractivity contribution is -0.0320. The zero-order valence-corrected chi connectivity index (χ0v) is 16.9. The van der Waals surface area contributed by atoms with E-state index in [0.29, 0.717) is 6.10 Å². The highest BCUT2D eigenvalue weighted by molar-refractivity contribution is 14.0. The van der Waals surface area contributed by atoms with E-state index in [1.807, 2.05) is 0 Å². The second-order valence-electron chi connectivity index (χ2n) is 5.29. The van der Waals surface area contributed by atoms with Crippen LogP contribution in [0.3, 0.4) is 0 Å². The van der Waals surface area contributed by atoms with Gasteiger partial charge in [-0.2, -0.15) is 11.3 Å². The highest BCUT2D eigenvalue weighted by atomic mass is 127. The molecule has 2 N–H and O–H groups in total. The van der Waals surface area contributed by atoms with Gasteiger partial charge in [0.25, 0.3) is 0 Å². The summed E-state index contributed by atoms with van der Waals surface area (Å²) in [4.78, 5) is 4.59. The lowest BCUT2D eigenvalue weighted by Gasteiger charge is -2.22. The van der Waals surface area contributed by atoms with Crippen molar-refractivity contribution < 1.29 is 9.47 Å². The summed E-state index contributed by atoms with van der Waals surface area (Å²) >= 11 is 1.71. The van der Waals surface area contributed by atoms with E-state index >= 15 is 0 Å². The van der Waals surface area contributed by atoms with Gasteiger partial charge in [-0.05, 0) is 48.6 Å². The van der Waals surface area contributed by atoms with Crippen molar-refractivity contribution in [3.63, 3.8) is 0 Å². The van der Waals surface area contributed by atoms with Crippen molar-refractivity contribution in [1.82, 2.24) is 10.6 Å². The zero-order chi connectivity index (χ0) is 15.5. The van der Waals surface area contributed by atoms with Gasteiger partial charge >= 0.3 is 0 Å². The van der Waals surface area contributed by atoms with Crippen molar-refractivity contribution in [2.24, 2.45) is 4.99 Å². The molecule has 0 aliphatic carbocycles. The van der Waals surface area contributed by atoms with Gasteiger partial charge in [0.05, 0.1) is 12.6 Å². The Morgan fingerprint density at radius 3 is 2.91 bits per heavy atom. The first-order valence-corrected chi connectivity index (χ1v) is 9.05. The summed E-state index contributed by atoms with van der Waals surface area (Å²) in [5.74, 6) is 0.875. The molecule has 2 heterocycles. The molecule has 23 heavy (non-hydrogen) atoms. The van der Waals surface area contributed by atoms with Gasteiger partial charge in [-0.1, -0.05) is 0 Å². The third kappa shape index (κ3) is 8.88. The Hall–Kier alpha value is -0.380. The summed E-state index contributed by atoms with van der Waals surface area (Å²) in [6.45, 7) is 7.01. The fraction of sp³-hybridized carbons (Fsp3) is 0.688. The van der Waals surface area contributed by atoms with Crippen molar-refractivity contribution >= 4 is 41.3 Å². The second kappa shape index (κ2) is 13.0. The summed E-state index contributed by atoms with van der Waals surface area (Å²) in [6, 6.07) is 2.11. The maximum absolute atomic E-state index is 5.86. The monoisotopic (exact) mass is 453 g/mol. The molecule has 1 aliphatic heterocycles. The van der Waals surface area contributed by atoms with E-state index in [0.717, 1.165) is 64.7 Å². The van der Waals surface area contributed by atoms with Crippen LogP contribution in [0.1, 0.15) is 31.7 Å². The predicted molar refractivity (Wildman–Crippen MR) is 107 cm³/mol. The van der Waals surface area contributed by atoms with Crippen LogP contribution in [0.4, 0.5) is 0 Å². The van der Waals surface area contributed by atoms with Crippen LogP contribution in [-0.2, 0) is 16.0 Å². The fourth-order valence-electron chi connectivity index (χ4n) is 2.27. The molecule has 0 spiro atoms. The largest absolute Gasteiger partial charge is 0.381 e. The molecule has 1 aromatic rings. The van der Waals surface area contributed by atoms with Gasteiger partial charge in [-0.15, -0.1) is 24.0 Å². The number of thiophene rings is 1. The smallest absolute Gasteiger partial charge is 0.191 e. The molecule has 0 aromatic carbocycles. The van der Waals surface area contributed by atoms with Crippen molar-refractivity contribution in [1.29, 1.82) is 0 Å². The summed E-state index contributed by atoms with van der Waals surface area (Å²) in [7, 11) is 0. The number of ether oxygens (including phenoxy) is 2. The van der Waals surface area contributed by atoms with E-state index in [2.05, 4.69) is 39.4 Å². The Kier molecular flexibility index (Phi) is 11.7. The number of hydrogen-bond donors (Lipinski definition) is 2. The van der Waals surface area contributed by atoms with Crippen molar-refractivity contribution in [2.45, 2.75) is 38.8 Å². The molecule has 132 valence electrons. The molecule has 7 heteroatoms. The highest BCUT2D eigenvalue weighted by Gasteiger charge is 2.13. The molecule has 0 unspecified atom stereocenters. The average Bonchev–Trinajstić information content (AvgIpc) is 3.06. The van der Waals surface area contributed by atoms with E-state index in [1.165, 1.54) is 5.56 Å². The number of nitrogens with one attached hydrogen (secondary N) is 2. The lowest BCUT2D eigenvalue weighted by Crippen LogP contribution is -2.38. The molecule has 0 saturated carbocycles. The Balaban J connectivity index is 0.00000264. The van der Waals surface area contributed by atoms with E-state index in [-0.39, 0.29) is 24.0 Å². The first kappa shape index (κ1) is 20.7. The van der Waals surface area contributed by atoms with Gasteiger partial charge in [0.1, 0.15) is 0 Å².